The van der Waals surface area contributed by atoms with Crippen LogP contribution in [0.15, 0.2) is 18.2 Å². The van der Waals surface area contributed by atoms with E-state index >= 15 is 0 Å². The number of rotatable bonds is 2. The normalized spacial score (nSPS) is 24.2. The van der Waals surface area contributed by atoms with Crippen molar-refractivity contribution in [1.82, 2.24) is 0 Å². The summed E-state index contributed by atoms with van der Waals surface area (Å²) in [6, 6.07) is 3.80. The molecule has 5 heteroatoms. The van der Waals surface area contributed by atoms with E-state index in [1.807, 2.05) is 0 Å². The topological polar surface area (TPSA) is 38.0 Å². The van der Waals surface area contributed by atoms with Crippen LogP contribution in [0, 0.1) is 5.92 Å². The van der Waals surface area contributed by atoms with Crippen LogP contribution in [0.3, 0.4) is 0 Å². The minimum atomic E-state index is -4.34. The molecule has 1 aromatic rings. The lowest BCUT2D eigenvalue weighted by molar-refractivity contribution is -0.137. The molecule has 0 amide bonds. The third-order valence-electron chi connectivity index (χ3n) is 3.83. The van der Waals surface area contributed by atoms with Gasteiger partial charge in [0, 0.05) is 6.04 Å². The number of alkyl halides is 3. The van der Waals surface area contributed by atoms with Crippen molar-refractivity contribution in [3.8, 4) is 0 Å². The van der Waals surface area contributed by atoms with Crippen molar-refractivity contribution in [1.29, 1.82) is 0 Å². The summed E-state index contributed by atoms with van der Waals surface area (Å²) in [7, 11) is 0. The van der Waals surface area contributed by atoms with Gasteiger partial charge in [0.05, 0.1) is 16.9 Å². The van der Waals surface area contributed by atoms with E-state index < -0.39 is 11.7 Å². The number of nitrogens with two attached hydrogens (primary N) is 1. The van der Waals surface area contributed by atoms with E-state index in [4.69, 9.17) is 5.73 Å². The van der Waals surface area contributed by atoms with Crippen molar-refractivity contribution in [3.05, 3.63) is 23.8 Å². The van der Waals surface area contributed by atoms with E-state index in [0.717, 1.165) is 31.4 Å². The lowest BCUT2D eigenvalue weighted by Gasteiger charge is -2.30. The molecule has 2 nitrogen and oxygen atoms in total. The number of nitrogens with one attached hydrogen (secondary N) is 1. The molecule has 0 heterocycles. The van der Waals surface area contributed by atoms with E-state index in [0.29, 0.717) is 17.6 Å². The Morgan fingerprint density at radius 2 is 1.89 bits per heavy atom. The summed E-state index contributed by atoms with van der Waals surface area (Å²) in [5.41, 5.74) is 5.78. The Bertz CT molecular complexity index is 443. The Balaban J connectivity index is 2.13. The van der Waals surface area contributed by atoms with Gasteiger partial charge in [-0.05, 0) is 37.0 Å². The van der Waals surface area contributed by atoms with E-state index in [-0.39, 0.29) is 5.69 Å². The van der Waals surface area contributed by atoms with Crippen molar-refractivity contribution in [2.75, 3.05) is 11.1 Å². The Morgan fingerprint density at radius 3 is 2.47 bits per heavy atom. The Morgan fingerprint density at radius 1 is 1.21 bits per heavy atom. The zero-order valence-electron chi connectivity index (χ0n) is 10.9. The first-order valence-electron chi connectivity index (χ1n) is 6.61. The molecule has 0 aromatic heterocycles. The van der Waals surface area contributed by atoms with E-state index in [1.54, 1.807) is 0 Å². The van der Waals surface area contributed by atoms with Gasteiger partial charge in [-0.25, -0.2) is 0 Å². The Kier molecular flexibility index (Phi) is 3.92. The van der Waals surface area contributed by atoms with E-state index in [1.165, 1.54) is 12.5 Å². The number of anilines is 2. The Labute approximate surface area is 111 Å². The summed E-state index contributed by atoms with van der Waals surface area (Å²) in [6.07, 6.45) is 0.231. The maximum Gasteiger partial charge on any atom is 0.416 e. The highest BCUT2D eigenvalue weighted by atomic mass is 19.4. The molecule has 0 radical (unpaired) electrons. The standard InChI is InChI=1S/C14H19F3N2/c1-9-4-2-3-5-12(9)19-13-7-6-10(8-11(13)18)14(15,16)17/h6-9,12,19H,2-5,18H2,1H3/t9-,12+/m0/s1. The fourth-order valence-electron chi connectivity index (χ4n) is 2.60. The second-order valence-electron chi connectivity index (χ2n) is 5.31. The minimum absolute atomic E-state index is 0.160. The lowest BCUT2D eigenvalue weighted by Crippen LogP contribution is -2.30. The zero-order valence-corrected chi connectivity index (χ0v) is 10.9. The van der Waals surface area contributed by atoms with Crippen LogP contribution in [0.25, 0.3) is 0 Å². The third kappa shape index (κ3) is 3.33. The highest BCUT2D eigenvalue weighted by molar-refractivity contribution is 5.67. The lowest BCUT2D eigenvalue weighted by atomic mass is 9.86. The molecule has 1 aliphatic carbocycles. The van der Waals surface area contributed by atoms with Crippen molar-refractivity contribution in [2.45, 2.75) is 44.8 Å². The summed E-state index contributed by atoms with van der Waals surface area (Å²) in [4.78, 5) is 0. The van der Waals surface area contributed by atoms with Crippen LogP contribution in [0.2, 0.25) is 0 Å². The molecule has 0 aliphatic heterocycles. The van der Waals surface area contributed by atoms with Crippen LogP contribution >= 0.6 is 0 Å². The molecule has 106 valence electrons. The average Bonchev–Trinajstić information content (AvgIpc) is 2.33. The van der Waals surface area contributed by atoms with Crippen molar-refractivity contribution in [2.24, 2.45) is 5.92 Å². The van der Waals surface area contributed by atoms with Gasteiger partial charge >= 0.3 is 6.18 Å². The molecule has 2 atom stereocenters. The first-order chi connectivity index (χ1) is 8.88. The van der Waals surface area contributed by atoms with Gasteiger partial charge in [0.25, 0.3) is 0 Å². The fraction of sp³-hybridized carbons (Fsp3) is 0.571. The summed E-state index contributed by atoms with van der Waals surface area (Å²) in [5, 5.41) is 3.29. The minimum Gasteiger partial charge on any atom is -0.397 e. The predicted molar refractivity (Wildman–Crippen MR) is 70.9 cm³/mol. The molecule has 1 aromatic carbocycles. The van der Waals surface area contributed by atoms with Gasteiger partial charge in [-0.2, -0.15) is 13.2 Å². The zero-order chi connectivity index (χ0) is 14.0. The van der Waals surface area contributed by atoms with E-state index in [9.17, 15) is 13.2 Å². The van der Waals surface area contributed by atoms with Gasteiger partial charge in [0.15, 0.2) is 0 Å². The smallest absolute Gasteiger partial charge is 0.397 e. The number of benzene rings is 1. The molecule has 0 bridgehead atoms. The SMILES string of the molecule is C[C@H]1CCCC[C@H]1Nc1ccc(C(F)(F)F)cc1N. The summed E-state index contributed by atoms with van der Waals surface area (Å²) in [5.74, 6) is 0.524. The molecular weight excluding hydrogens is 253 g/mol. The summed E-state index contributed by atoms with van der Waals surface area (Å²) < 4.78 is 37.6. The van der Waals surface area contributed by atoms with Crippen molar-refractivity contribution in [3.63, 3.8) is 0 Å². The molecule has 1 saturated carbocycles. The highest BCUT2D eigenvalue weighted by Gasteiger charge is 2.31. The molecule has 1 fully saturated rings. The first kappa shape index (κ1) is 14.0. The summed E-state index contributed by atoms with van der Waals surface area (Å²) >= 11 is 0. The molecule has 0 spiro atoms. The van der Waals surface area contributed by atoms with Gasteiger partial charge in [-0.3, -0.25) is 0 Å². The number of halogens is 3. The van der Waals surface area contributed by atoms with Crippen LogP contribution in [-0.4, -0.2) is 6.04 Å². The van der Waals surface area contributed by atoms with E-state index in [2.05, 4.69) is 12.2 Å². The molecule has 0 saturated heterocycles. The molecule has 19 heavy (non-hydrogen) atoms. The molecular formula is C14H19F3N2. The average molecular weight is 272 g/mol. The third-order valence-corrected chi connectivity index (χ3v) is 3.83. The molecule has 0 unspecified atom stereocenters. The molecule has 2 rings (SSSR count). The monoisotopic (exact) mass is 272 g/mol. The van der Waals surface area contributed by atoms with Gasteiger partial charge in [0.1, 0.15) is 0 Å². The predicted octanol–water partition coefficient (Wildman–Crippen LogP) is 4.28. The Hall–Kier alpha value is -1.39. The summed E-state index contributed by atoms with van der Waals surface area (Å²) in [6.45, 7) is 2.16. The van der Waals surface area contributed by atoms with Gasteiger partial charge in [-0.1, -0.05) is 19.8 Å². The fourth-order valence-corrected chi connectivity index (χ4v) is 2.60. The number of nitrogen functional groups attached to an aromatic ring is 1. The first-order valence-corrected chi connectivity index (χ1v) is 6.61. The maximum atomic E-state index is 12.5. The largest absolute Gasteiger partial charge is 0.416 e. The molecule has 1 aliphatic rings. The van der Waals surface area contributed by atoms with Crippen LogP contribution in [0.1, 0.15) is 38.2 Å². The highest BCUT2D eigenvalue weighted by Crippen LogP contribution is 2.34. The van der Waals surface area contributed by atoms with Crippen LogP contribution in [0.5, 0.6) is 0 Å². The maximum absolute atomic E-state index is 12.5. The van der Waals surface area contributed by atoms with Gasteiger partial charge < -0.3 is 11.1 Å². The van der Waals surface area contributed by atoms with Crippen molar-refractivity contribution < 1.29 is 13.2 Å². The van der Waals surface area contributed by atoms with Gasteiger partial charge in [-0.15, -0.1) is 0 Å². The molecule has 3 N–H and O–H groups in total. The van der Waals surface area contributed by atoms with Crippen LogP contribution in [-0.2, 0) is 6.18 Å². The number of hydrogen-bond donors (Lipinski definition) is 2. The quantitative estimate of drug-likeness (QED) is 0.789. The van der Waals surface area contributed by atoms with Crippen molar-refractivity contribution >= 4 is 11.4 Å². The second kappa shape index (κ2) is 5.31. The van der Waals surface area contributed by atoms with Gasteiger partial charge in [0.2, 0.25) is 0 Å². The van der Waals surface area contributed by atoms with Crippen LogP contribution in [0.4, 0.5) is 24.5 Å². The number of hydrogen-bond acceptors (Lipinski definition) is 2. The van der Waals surface area contributed by atoms with Crippen LogP contribution < -0.4 is 11.1 Å². The second-order valence-corrected chi connectivity index (χ2v) is 5.31.